The van der Waals surface area contributed by atoms with Gasteiger partial charge in [-0.15, -0.1) is 0 Å². The highest BCUT2D eigenvalue weighted by Gasteiger charge is 2.27. The van der Waals surface area contributed by atoms with E-state index in [0.29, 0.717) is 19.1 Å². The molecule has 0 bridgehead atoms. The number of likely N-dealkylation sites (tertiary alicyclic amines) is 1. The van der Waals surface area contributed by atoms with Crippen molar-refractivity contribution < 1.29 is 14.7 Å². The molecule has 1 N–H and O–H groups in total. The number of carbonyl (C=O) groups excluding carboxylic acids is 1. The molecule has 0 saturated carbocycles. The molecule has 0 aliphatic carbocycles. The summed E-state index contributed by atoms with van der Waals surface area (Å²) in [5, 5.41) is 8.79. The number of amides is 2. The van der Waals surface area contributed by atoms with Gasteiger partial charge in [-0.3, -0.25) is 9.69 Å². The van der Waals surface area contributed by atoms with Crippen LogP contribution in [0.1, 0.15) is 26.7 Å². The molecule has 2 amide bonds. The fourth-order valence-corrected chi connectivity index (χ4v) is 2.63. The smallest absolute Gasteiger partial charge is 0.323 e. The van der Waals surface area contributed by atoms with Crippen molar-refractivity contribution in [1.29, 1.82) is 0 Å². The first kappa shape index (κ1) is 15.8. The minimum atomic E-state index is -0.973. The highest BCUT2D eigenvalue weighted by molar-refractivity contribution is 5.80. The van der Waals surface area contributed by atoms with Crippen molar-refractivity contribution in [3.63, 3.8) is 0 Å². The summed E-state index contributed by atoms with van der Waals surface area (Å²) in [4.78, 5) is 28.3. The molecule has 19 heavy (non-hydrogen) atoms. The van der Waals surface area contributed by atoms with E-state index in [1.54, 1.807) is 18.9 Å². The van der Waals surface area contributed by atoms with Gasteiger partial charge >= 0.3 is 12.0 Å². The molecule has 1 atom stereocenters. The van der Waals surface area contributed by atoms with Gasteiger partial charge in [0.15, 0.2) is 0 Å². The molecule has 0 aromatic rings. The number of likely N-dealkylation sites (N-methyl/N-ethyl adjacent to an activating group) is 3. The highest BCUT2D eigenvalue weighted by Crippen LogP contribution is 2.17. The Bertz CT molecular complexity index is 322. The number of rotatable bonds is 6. The number of hydrogen-bond donors (Lipinski definition) is 1. The SMILES string of the molecule is CCN(CC(=O)O)C(=O)N(C)CC1CCCN1CC. The molecular weight excluding hydrogens is 246 g/mol. The van der Waals surface area contributed by atoms with Gasteiger partial charge in [-0.05, 0) is 32.9 Å². The molecule has 1 aliphatic heterocycles. The van der Waals surface area contributed by atoms with Gasteiger partial charge in [-0.1, -0.05) is 6.92 Å². The summed E-state index contributed by atoms with van der Waals surface area (Å²) in [6, 6.07) is 0.204. The van der Waals surface area contributed by atoms with E-state index >= 15 is 0 Å². The topological polar surface area (TPSA) is 64.1 Å². The second kappa shape index (κ2) is 7.33. The van der Waals surface area contributed by atoms with E-state index in [0.717, 1.165) is 19.5 Å². The van der Waals surface area contributed by atoms with Crippen molar-refractivity contribution in [2.24, 2.45) is 0 Å². The largest absolute Gasteiger partial charge is 0.480 e. The van der Waals surface area contributed by atoms with Crippen molar-refractivity contribution in [2.75, 3.05) is 39.8 Å². The number of carboxylic acid groups (broad SMARTS) is 1. The van der Waals surface area contributed by atoms with Gasteiger partial charge in [0, 0.05) is 26.2 Å². The van der Waals surface area contributed by atoms with Crippen molar-refractivity contribution in [2.45, 2.75) is 32.7 Å². The van der Waals surface area contributed by atoms with Gasteiger partial charge in [0.05, 0.1) is 0 Å². The van der Waals surface area contributed by atoms with Gasteiger partial charge in [0.2, 0.25) is 0 Å². The van der Waals surface area contributed by atoms with Crippen LogP contribution in [0.15, 0.2) is 0 Å². The van der Waals surface area contributed by atoms with Crippen molar-refractivity contribution in [3.05, 3.63) is 0 Å². The zero-order chi connectivity index (χ0) is 14.4. The van der Waals surface area contributed by atoms with Crippen LogP contribution in [0, 0.1) is 0 Å². The zero-order valence-corrected chi connectivity index (χ0v) is 12.1. The Balaban J connectivity index is 2.53. The van der Waals surface area contributed by atoms with Crippen LogP contribution >= 0.6 is 0 Å². The zero-order valence-electron chi connectivity index (χ0n) is 12.1. The standard InChI is InChI=1S/C13H25N3O3/c1-4-15-8-6-7-11(15)9-14(3)13(19)16(5-2)10-12(17)18/h11H,4-10H2,1-3H3,(H,17,18). The molecule has 110 valence electrons. The summed E-state index contributed by atoms with van der Waals surface area (Å²) < 4.78 is 0. The van der Waals surface area contributed by atoms with Crippen LogP contribution in [0.5, 0.6) is 0 Å². The summed E-state index contributed by atoms with van der Waals surface area (Å²) in [7, 11) is 1.75. The minimum absolute atomic E-state index is 0.201. The average Bonchev–Trinajstić information content (AvgIpc) is 2.81. The Morgan fingerprint density at radius 1 is 1.37 bits per heavy atom. The normalized spacial score (nSPS) is 19.4. The molecule has 6 heteroatoms. The minimum Gasteiger partial charge on any atom is -0.480 e. The van der Waals surface area contributed by atoms with E-state index < -0.39 is 5.97 Å². The molecule has 0 aromatic carbocycles. The molecule has 1 aliphatic rings. The third kappa shape index (κ3) is 4.38. The monoisotopic (exact) mass is 271 g/mol. The van der Waals surface area contributed by atoms with E-state index in [4.69, 9.17) is 5.11 Å². The fourth-order valence-electron chi connectivity index (χ4n) is 2.63. The van der Waals surface area contributed by atoms with Gasteiger partial charge in [-0.25, -0.2) is 4.79 Å². The molecular formula is C13H25N3O3. The van der Waals surface area contributed by atoms with Crippen LogP contribution in [-0.2, 0) is 4.79 Å². The third-order valence-electron chi connectivity index (χ3n) is 3.69. The summed E-state index contributed by atoms with van der Waals surface area (Å²) in [6.45, 7) is 6.86. The Morgan fingerprint density at radius 3 is 2.58 bits per heavy atom. The molecule has 1 saturated heterocycles. The highest BCUT2D eigenvalue weighted by atomic mass is 16.4. The summed E-state index contributed by atoms with van der Waals surface area (Å²) in [5.74, 6) is -0.973. The maximum absolute atomic E-state index is 12.2. The van der Waals surface area contributed by atoms with Gasteiger partial charge < -0.3 is 14.9 Å². The van der Waals surface area contributed by atoms with Crippen LogP contribution in [0.25, 0.3) is 0 Å². The lowest BCUT2D eigenvalue weighted by Gasteiger charge is -2.31. The summed E-state index contributed by atoms with van der Waals surface area (Å²) >= 11 is 0. The van der Waals surface area contributed by atoms with E-state index in [2.05, 4.69) is 11.8 Å². The molecule has 6 nitrogen and oxygen atoms in total. The van der Waals surface area contributed by atoms with Crippen molar-refractivity contribution in [3.8, 4) is 0 Å². The number of carbonyl (C=O) groups is 2. The Labute approximate surface area is 115 Å². The Morgan fingerprint density at radius 2 is 2.05 bits per heavy atom. The lowest BCUT2D eigenvalue weighted by molar-refractivity contribution is -0.137. The number of hydrogen-bond acceptors (Lipinski definition) is 3. The molecule has 1 fully saturated rings. The third-order valence-corrected chi connectivity index (χ3v) is 3.69. The summed E-state index contributed by atoms with van der Waals surface area (Å²) in [5.41, 5.74) is 0. The molecule has 0 spiro atoms. The van der Waals surface area contributed by atoms with Gasteiger partial charge in [0.25, 0.3) is 0 Å². The van der Waals surface area contributed by atoms with Gasteiger partial charge in [0.1, 0.15) is 6.54 Å². The first-order valence-electron chi connectivity index (χ1n) is 6.95. The lowest BCUT2D eigenvalue weighted by atomic mass is 10.2. The maximum Gasteiger partial charge on any atom is 0.323 e. The number of aliphatic carboxylic acids is 1. The van der Waals surface area contributed by atoms with Crippen LogP contribution in [0.3, 0.4) is 0 Å². The van der Waals surface area contributed by atoms with E-state index in [9.17, 15) is 9.59 Å². The first-order chi connectivity index (χ1) is 8.99. The number of nitrogens with zero attached hydrogens (tertiary/aromatic N) is 3. The van der Waals surface area contributed by atoms with Crippen LogP contribution in [0.4, 0.5) is 4.79 Å². The van der Waals surface area contributed by atoms with Crippen LogP contribution in [0.2, 0.25) is 0 Å². The lowest BCUT2D eigenvalue weighted by Crippen LogP contribution is -2.48. The van der Waals surface area contributed by atoms with Crippen LogP contribution in [-0.4, -0.2) is 77.6 Å². The van der Waals surface area contributed by atoms with Crippen molar-refractivity contribution in [1.82, 2.24) is 14.7 Å². The predicted octanol–water partition coefficient (Wildman–Crippen LogP) is 0.929. The Kier molecular flexibility index (Phi) is 6.08. The second-order valence-corrected chi connectivity index (χ2v) is 5.00. The fraction of sp³-hybridized carbons (Fsp3) is 0.846. The Hall–Kier alpha value is -1.30. The maximum atomic E-state index is 12.2. The number of carboxylic acids is 1. The van der Waals surface area contributed by atoms with E-state index in [-0.39, 0.29) is 12.6 Å². The first-order valence-corrected chi connectivity index (χ1v) is 6.95. The molecule has 0 radical (unpaired) electrons. The number of urea groups is 1. The average molecular weight is 271 g/mol. The molecule has 1 heterocycles. The molecule has 1 rings (SSSR count). The predicted molar refractivity (Wildman–Crippen MR) is 73.2 cm³/mol. The van der Waals surface area contributed by atoms with Crippen LogP contribution < -0.4 is 0 Å². The van der Waals surface area contributed by atoms with Gasteiger partial charge in [-0.2, -0.15) is 0 Å². The molecule has 0 aromatic heterocycles. The van der Waals surface area contributed by atoms with Crippen molar-refractivity contribution >= 4 is 12.0 Å². The van der Waals surface area contributed by atoms with E-state index in [1.807, 2.05) is 0 Å². The molecule has 1 unspecified atom stereocenters. The van der Waals surface area contributed by atoms with E-state index in [1.165, 1.54) is 11.3 Å². The second-order valence-electron chi connectivity index (χ2n) is 5.00. The quantitative estimate of drug-likeness (QED) is 0.780. The summed E-state index contributed by atoms with van der Waals surface area (Å²) in [6.07, 6.45) is 2.28.